The number of hydrogen-bond donors (Lipinski definition) is 1. The molecule has 1 aliphatic rings. The molecule has 134 valence electrons. The minimum Gasteiger partial charge on any atom is -0.490 e. The van der Waals surface area contributed by atoms with Crippen molar-refractivity contribution >= 4 is 5.91 Å². The van der Waals surface area contributed by atoms with Crippen molar-refractivity contribution in [3.8, 4) is 11.5 Å². The lowest BCUT2D eigenvalue weighted by Gasteiger charge is -2.18. The summed E-state index contributed by atoms with van der Waals surface area (Å²) in [5, 5.41) is 0. The van der Waals surface area contributed by atoms with Gasteiger partial charge in [0.1, 0.15) is 0 Å². The van der Waals surface area contributed by atoms with Gasteiger partial charge in [0.2, 0.25) is 0 Å². The van der Waals surface area contributed by atoms with Gasteiger partial charge in [-0.15, -0.1) is 0 Å². The fourth-order valence-electron chi connectivity index (χ4n) is 2.68. The summed E-state index contributed by atoms with van der Waals surface area (Å²) in [4.78, 5) is 14.4. The molecule has 2 rings (SSSR count). The Labute approximate surface area is 145 Å². The normalized spacial score (nSPS) is 17.1. The summed E-state index contributed by atoms with van der Waals surface area (Å²) in [7, 11) is 0. The molecule has 2 N–H and O–H groups in total. The van der Waals surface area contributed by atoms with Gasteiger partial charge in [-0.25, -0.2) is 0 Å². The largest absolute Gasteiger partial charge is 0.490 e. The summed E-state index contributed by atoms with van der Waals surface area (Å²) in [5.41, 5.74) is 6.54. The van der Waals surface area contributed by atoms with Crippen molar-refractivity contribution in [2.45, 2.75) is 52.0 Å². The summed E-state index contributed by atoms with van der Waals surface area (Å²) in [5.74, 6) is 1.39. The zero-order valence-electron chi connectivity index (χ0n) is 14.9. The van der Waals surface area contributed by atoms with Gasteiger partial charge in [0.15, 0.2) is 11.5 Å². The molecule has 0 aliphatic carbocycles. The maximum atomic E-state index is 12.6. The highest BCUT2D eigenvalue weighted by Gasteiger charge is 2.25. The molecule has 1 aromatic carbocycles. The van der Waals surface area contributed by atoms with Crippen LogP contribution < -0.4 is 15.2 Å². The Morgan fingerprint density at radius 2 is 1.83 bits per heavy atom. The highest BCUT2D eigenvalue weighted by Crippen LogP contribution is 2.30. The Hall–Kier alpha value is -1.75. The number of ether oxygens (including phenoxy) is 2. The fourth-order valence-corrected chi connectivity index (χ4v) is 2.68. The molecule has 0 unspecified atom stereocenters. The second kappa shape index (κ2) is 9.52. The molecular formula is C19H30N2O3. The molecular weight excluding hydrogens is 304 g/mol. The summed E-state index contributed by atoms with van der Waals surface area (Å²) in [6.07, 6.45) is 4.99. The van der Waals surface area contributed by atoms with E-state index in [1.54, 1.807) is 0 Å². The third kappa shape index (κ3) is 5.13. The van der Waals surface area contributed by atoms with Crippen LogP contribution in [0.5, 0.6) is 11.5 Å². The molecule has 1 atom stereocenters. The van der Waals surface area contributed by atoms with E-state index in [4.69, 9.17) is 15.2 Å². The van der Waals surface area contributed by atoms with Gasteiger partial charge in [-0.05, 0) is 37.5 Å². The van der Waals surface area contributed by atoms with Gasteiger partial charge in [-0.1, -0.05) is 26.7 Å². The van der Waals surface area contributed by atoms with Crippen LogP contribution in [0.4, 0.5) is 0 Å². The van der Waals surface area contributed by atoms with Crippen LogP contribution in [0.25, 0.3) is 0 Å². The van der Waals surface area contributed by atoms with Gasteiger partial charge in [-0.2, -0.15) is 0 Å². The molecule has 0 radical (unpaired) electrons. The Morgan fingerprint density at radius 1 is 1.17 bits per heavy atom. The summed E-state index contributed by atoms with van der Waals surface area (Å²) < 4.78 is 11.7. The van der Waals surface area contributed by atoms with Gasteiger partial charge in [0.05, 0.1) is 13.2 Å². The Kier molecular flexibility index (Phi) is 7.37. The zero-order chi connectivity index (χ0) is 17.4. The highest BCUT2D eigenvalue weighted by atomic mass is 16.5. The van der Waals surface area contributed by atoms with E-state index in [1.165, 1.54) is 0 Å². The van der Waals surface area contributed by atoms with Crippen LogP contribution in [-0.2, 0) is 0 Å². The second-order valence-corrected chi connectivity index (χ2v) is 6.37. The Morgan fingerprint density at radius 3 is 2.42 bits per heavy atom. The Bertz CT molecular complexity index is 533. The SMILES string of the molecule is CCCCOc1ccc(C(=O)N2CC[C@@H](N)C2)cc1OCCCC. The van der Waals surface area contributed by atoms with E-state index in [0.717, 1.165) is 38.6 Å². The topological polar surface area (TPSA) is 64.8 Å². The number of rotatable bonds is 9. The number of nitrogens with zero attached hydrogens (tertiary/aromatic N) is 1. The van der Waals surface area contributed by atoms with Gasteiger partial charge < -0.3 is 20.1 Å². The van der Waals surface area contributed by atoms with Crippen LogP contribution in [0.1, 0.15) is 56.3 Å². The van der Waals surface area contributed by atoms with Gasteiger partial charge >= 0.3 is 0 Å². The molecule has 0 saturated carbocycles. The predicted molar refractivity (Wildman–Crippen MR) is 95.7 cm³/mol. The van der Waals surface area contributed by atoms with Crippen molar-refractivity contribution in [2.24, 2.45) is 5.73 Å². The van der Waals surface area contributed by atoms with E-state index in [-0.39, 0.29) is 11.9 Å². The second-order valence-electron chi connectivity index (χ2n) is 6.37. The number of benzene rings is 1. The van der Waals surface area contributed by atoms with E-state index in [9.17, 15) is 4.79 Å². The van der Waals surface area contributed by atoms with Crippen molar-refractivity contribution in [3.63, 3.8) is 0 Å². The van der Waals surface area contributed by atoms with Crippen LogP contribution in [-0.4, -0.2) is 43.2 Å². The molecule has 1 saturated heterocycles. The number of unbranched alkanes of at least 4 members (excludes halogenated alkanes) is 2. The number of hydrogen-bond acceptors (Lipinski definition) is 4. The molecule has 1 aliphatic heterocycles. The molecule has 0 bridgehead atoms. The van der Waals surface area contributed by atoms with Crippen LogP contribution >= 0.6 is 0 Å². The van der Waals surface area contributed by atoms with Crippen LogP contribution in [0.2, 0.25) is 0 Å². The lowest BCUT2D eigenvalue weighted by atomic mass is 10.1. The van der Waals surface area contributed by atoms with E-state index >= 15 is 0 Å². The van der Waals surface area contributed by atoms with E-state index in [0.29, 0.717) is 36.8 Å². The molecule has 5 nitrogen and oxygen atoms in total. The molecule has 0 aromatic heterocycles. The van der Waals surface area contributed by atoms with Crippen molar-refractivity contribution in [1.82, 2.24) is 4.90 Å². The van der Waals surface area contributed by atoms with E-state index < -0.39 is 0 Å². The van der Waals surface area contributed by atoms with Crippen molar-refractivity contribution in [2.75, 3.05) is 26.3 Å². The number of nitrogens with two attached hydrogens (primary N) is 1. The first-order valence-corrected chi connectivity index (χ1v) is 9.10. The monoisotopic (exact) mass is 334 g/mol. The minimum absolute atomic E-state index is 0.0170. The highest BCUT2D eigenvalue weighted by molar-refractivity contribution is 5.95. The Balaban J connectivity index is 2.10. The lowest BCUT2D eigenvalue weighted by molar-refractivity contribution is 0.0790. The molecule has 5 heteroatoms. The van der Waals surface area contributed by atoms with Crippen LogP contribution in [0, 0.1) is 0 Å². The molecule has 0 spiro atoms. The number of carbonyl (C=O) groups is 1. The minimum atomic E-state index is 0.0170. The van der Waals surface area contributed by atoms with Gasteiger partial charge in [0, 0.05) is 24.7 Å². The summed E-state index contributed by atoms with van der Waals surface area (Å²) in [6.45, 7) is 6.89. The van der Waals surface area contributed by atoms with Gasteiger partial charge in [0.25, 0.3) is 5.91 Å². The average Bonchev–Trinajstić information content (AvgIpc) is 3.02. The molecule has 1 fully saturated rings. The third-order valence-corrected chi connectivity index (χ3v) is 4.21. The van der Waals surface area contributed by atoms with Crippen molar-refractivity contribution in [1.29, 1.82) is 0 Å². The predicted octanol–water partition coefficient (Wildman–Crippen LogP) is 3.22. The maximum Gasteiger partial charge on any atom is 0.254 e. The third-order valence-electron chi connectivity index (χ3n) is 4.21. The first-order valence-electron chi connectivity index (χ1n) is 9.10. The number of amides is 1. The number of likely N-dealkylation sites (tertiary alicyclic amines) is 1. The van der Waals surface area contributed by atoms with Crippen LogP contribution in [0.3, 0.4) is 0 Å². The van der Waals surface area contributed by atoms with E-state index in [2.05, 4.69) is 13.8 Å². The summed E-state index contributed by atoms with van der Waals surface area (Å²) in [6, 6.07) is 5.56. The van der Waals surface area contributed by atoms with Crippen molar-refractivity contribution < 1.29 is 14.3 Å². The average molecular weight is 334 g/mol. The first-order chi connectivity index (χ1) is 11.7. The van der Waals surface area contributed by atoms with Crippen LogP contribution in [0.15, 0.2) is 18.2 Å². The molecule has 1 amide bonds. The lowest BCUT2D eigenvalue weighted by Crippen LogP contribution is -2.31. The van der Waals surface area contributed by atoms with Gasteiger partial charge in [-0.3, -0.25) is 4.79 Å². The first kappa shape index (κ1) is 18.6. The smallest absolute Gasteiger partial charge is 0.254 e. The standard InChI is InChI=1S/C19H30N2O3/c1-3-5-11-23-17-8-7-15(13-18(17)24-12-6-4-2)19(22)21-10-9-16(20)14-21/h7-8,13,16H,3-6,9-12,14,20H2,1-2H3/t16-/m1/s1. The fraction of sp³-hybridized carbons (Fsp3) is 0.632. The quantitative estimate of drug-likeness (QED) is 0.704. The molecule has 24 heavy (non-hydrogen) atoms. The zero-order valence-corrected chi connectivity index (χ0v) is 14.9. The number of carbonyl (C=O) groups excluding carboxylic acids is 1. The molecule has 1 aromatic rings. The summed E-state index contributed by atoms with van der Waals surface area (Å²) >= 11 is 0. The van der Waals surface area contributed by atoms with E-state index in [1.807, 2.05) is 23.1 Å². The maximum absolute atomic E-state index is 12.6. The molecule has 1 heterocycles. The van der Waals surface area contributed by atoms with Crippen molar-refractivity contribution in [3.05, 3.63) is 23.8 Å².